The Balaban J connectivity index is 2.58. The molecule has 1 aromatic heterocycles. The number of ether oxygens (including phenoxy) is 2. The summed E-state index contributed by atoms with van der Waals surface area (Å²) in [6.07, 6.45) is 0. The van der Waals surface area contributed by atoms with Crippen molar-refractivity contribution >= 4 is 11.9 Å². The number of aromatic nitrogens is 1. The van der Waals surface area contributed by atoms with E-state index >= 15 is 0 Å². The highest BCUT2D eigenvalue weighted by molar-refractivity contribution is 6.00. The van der Waals surface area contributed by atoms with Gasteiger partial charge in [0.1, 0.15) is 11.6 Å². The Labute approximate surface area is 117 Å². The molecule has 0 N–H and O–H groups in total. The van der Waals surface area contributed by atoms with Crippen LogP contribution in [0.3, 0.4) is 0 Å². The molecule has 0 amide bonds. The van der Waals surface area contributed by atoms with Gasteiger partial charge in [-0.2, -0.15) is 0 Å². The van der Waals surface area contributed by atoms with Crippen molar-refractivity contribution in [2.24, 2.45) is 0 Å². The largest absolute Gasteiger partial charge is 0.464 e. The van der Waals surface area contributed by atoms with Crippen molar-refractivity contribution in [3.8, 4) is 11.5 Å². The molecule has 110 valence electrons. The molecule has 0 saturated heterocycles. The highest BCUT2D eigenvalue weighted by Crippen LogP contribution is 2.26. The Kier molecular flexibility index (Phi) is 3.97. The number of carbonyl (C=O) groups excluding carboxylic acids is 2. The van der Waals surface area contributed by atoms with E-state index in [4.69, 9.17) is 4.42 Å². The fraction of sp³-hybridized carbons (Fsp3) is 0.154. The molecule has 0 aliphatic carbocycles. The van der Waals surface area contributed by atoms with Crippen molar-refractivity contribution in [2.45, 2.75) is 0 Å². The lowest BCUT2D eigenvalue weighted by atomic mass is 10.2. The minimum atomic E-state index is -0.975. The zero-order valence-electron chi connectivity index (χ0n) is 11.0. The van der Waals surface area contributed by atoms with E-state index in [1.165, 1.54) is 0 Å². The lowest BCUT2D eigenvalue weighted by molar-refractivity contribution is 0.0527. The molecule has 0 aliphatic rings. The average Bonchev–Trinajstić information content (AvgIpc) is 2.90. The van der Waals surface area contributed by atoms with Gasteiger partial charge in [-0.25, -0.2) is 23.4 Å². The fourth-order valence-corrected chi connectivity index (χ4v) is 1.56. The number of rotatable bonds is 3. The summed E-state index contributed by atoms with van der Waals surface area (Å²) in [6, 6.07) is 2.67. The average molecular weight is 297 g/mol. The van der Waals surface area contributed by atoms with Gasteiger partial charge in [-0.1, -0.05) is 0 Å². The maximum atomic E-state index is 13.7. The van der Waals surface area contributed by atoms with Crippen LogP contribution >= 0.6 is 0 Å². The normalized spacial score (nSPS) is 10.3. The number of hydrogen-bond acceptors (Lipinski definition) is 6. The van der Waals surface area contributed by atoms with E-state index in [0.717, 1.165) is 26.4 Å². The second-order valence-electron chi connectivity index (χ2n) is 3.80. The van der Waals surface area contributed by atoms with Gasteiger partial charge in [-0.15, -0.1) is 0 Å². The van der Waals surface area contributed by atoms with Crippen LogP contribution < -0.4 is 0 Å². The van der Waals surface area contributed by atoms with Crippen LogP contribution in [0.15, 0.2) is 22.6 Å². The molecule has 0 atom stereocenters. The number of nitrogens with zero attached hydrogens (tertiary/aromatic N) is 1. The van der Waals surface area contributed by atoms with Crippen LogP contribution in [0.1, 0.15) is 21.0 Å². The Morgan fingerprint density at radius 2 is 1.81 bits per heavy atom. The third-order valence-electron chi connectivity index (χ3n) is 2.54. The SMILES string of the molecule is COC(=O)c1nc(-c2ccc(F)cc2F)oc1C(=O)OC. The standard InChI is InChI=1S/C13H9F2NO5/c1-19-12(17)9-10(13(18)20-2)21-11(16-9)7-4-3-6(14)5-8(7)15/h3-5H,1-2H3. The molecule has 1 aromatic carbocycles. The lowest BCUT2D eigenvalue weighted by Crippen LogP contribution is -2.10. The molecule has 1 heterocycles. The molecule has 0 spiro atoms. The highest BCUT2D eigenvalue weighted by atomic mass is 19.1. The van der Waals surface area contributed by atoms with Crippen molar-refractivity contribution in [1.29, 1.82) is 0 Å². The molecular formula is C13H9F2NO5. The summed E-state index contributed by atoms with van der Waals surface area (Å²) in [6.45, 7) is 0. The molecule has 0 bridgehead atoms. The molecule has 6 nitrogen and oxygen atoms in total. The number of hydrogen-bond donors (Lipinski definition) is 0. The van der Waals surface area contributed by atoms with Gasteiger partial charge in [-0.05, 0) is 12.1 Å². The number of methoxy groups -OCH3 is 2. The molecule has 21 heavy (non-hydrogen) atoms. The molecule has 0 aliphatic heterocycles. The first-order valence-electron chi connectivity index (χ1n) is 5.60. The van der Waals surface area contributed by atoms with Gasteiger partial charge >= 0.3 is 11.9 Å². The fourth-order valence-electron chi connectivity index (χ4n) is 1.56. The van der Waals surface area contributed by atoms with Crippen LogP contribution in [0, 0.1) is 11.6 Å². The summed E-state index contributed by atoms with van der Waals surface area (Å²) in [4.78, 5) is 26.8. The van der Waals surface area contributed by atoms with Crippen molar-refractivity contribution in [2.75, 3.05) is 14.2 Å². The van der Waals surface area contributed by atoms with Crippen LogP contribution in [0.5, 0.6) is 0 Å². The number of benzene rings is 1. The van der Waals surface area contributed by atoms with E-state index in [1.807, 2.05) is 0 Å². The van der Waals surface area contributed by atoms with Gasteiger partial charge in [0.05, 0.1) is 19.8 Å². The van der Waals surface area contributed by atoms with Gasteiger partial charge in [0.2, 0.25) is 17.3 Å². The van der Waals surface area contributed by atoms with Gasteiger partial charge < -0.3 is 13.9 Å². The third-order valence-corrected chi connectivity index (χ3v) is 2.54. The quantitative estimate of drug-likeness (QED) is 0.808. The molecule has 0 radical (unpaired) electrons. The van der Waals surface area contributed by atoms with Gasteiger partial charge in [0.15, 0.2) is 0 Å². The van der Waals surface area contributed by atoms with Crippen molar-refractivity contribution in [3.63, 3.8) is 0 Å². The second kappa shape index (κ2) is 5.70. The van der Waals surface area contributed by atoms with E-state index in [0.29, 0.717) is 6.07 Å². The van der Waals surface area contributed by atoms with Crippen LogP contribution in [0.2, 0.25) is 0 Å². The monoisotopic (exact) mass is 297 g/mol. The Bertz CT molecular complexity index is 677. The Morgan fingerprint density at radius 1 is 1.14 bits per heavy atom. The van der Waals surface area contributed by atoms with Crippen molar-refractivity contribution < 1.29 is 32.3 Å². The van der Waals surface area contributed by atoms with Crippen molar-refractivity contribution in [3.05, 3.63) is 41.3 Å². The van der Waals surface area contributed by atoms with Gasteiger partial charge in [0.25, 0.3) is 0 Å². The smallest absolute Gasteiger partial charge is 0.376 e. The van der Waals surface area contributed by atoms with E-state index in [2.05, 4.69) is 14.5 Å². The third kappa shape index (κ3) is 2.73. The minimum Gasteiger partial charge on any atom is -0.464 e. The molecule has 0 saturated carbocycles. The Morgan fingerprint density at radius 3 is 2.38 bits per heavy atom. The topological polar surface area (TPSA) is 78.6 Å². The first kappa shape index (κ1) is 14.6. The summed E-state index contributed by atoms with van der Waals surface area (Å²) < 4.78 is 40.5. The molecule has 8 heteroatoms. The highest BCUT2D eigenvalue weighted by Gasteiger charge is 2.28. The van der Waals surface area contributed by atoms with Crippen molar-refractivity contribution in [1.82, 2.24) is 4.98 Å². The van der Waals surface area contributed by atoms with Gasteiger partial charge in [0, 0.05) is 6.07 Å². The molecule has 0 unspecified atom stereocenters. The maximum absolute atomic E-state index is 13.7. The molecule has 2 rings (SSSR count). The van der Waals surface area contributed by atoms with E-state index in [1.54, 1.807) is 0 Å². The number of carbonyl (C=O) groups is 2. The molecular weight excluding hydrogens is 288 g/mol. The summed E-state index contributed by atoms with van der Waals surface area (Å²) in [5.41, 5.74) is -0.667. The van der Waals surface area contributed by atoms with Crippen LogP contribution in [0.4, 0.5) is 8.78 Å². The minimum absolute atomic E-state index is 0.211. The van der Waals surface area contributed by atoms with E-state index in [-0.39, 0.29) is 11.5 Å². The molecule has 2 aromatic rings. The van der Waals surface area contributed by atoms with E-state index in [9.17, 15) is 18.4 Å². The zero-order valence-corrected chi connectivity index (χ0v) is 11.0. The Hall–Kier alpha value is -2.77. The number of halogens is 2. The number of esters is 2. The molecule has 0 fully saturated rings. The predicted octanol–water partition coefficient (Wildman–Crippen LogP) is 2.19. The summed E-state index contributed by atoms with van der Waals surface area (Å²) in [7, 11) is 2.15. The van der Waals surface area contributed by atoms with E-state index < -0.39 is 35.0 Å². The lowest BCUT2D eigenvalue weighted by Gasteiger charge is -1.97. The summed E-state index contributed by atoms with van der Waals surface area (Å²) in [5, 5.41) is 0. The zero-order chi connectivity index (χ0) is 15.6. The van der Waals surface area contributed by atoms with Crippen LogP contribution in [-0.4, -0.2) is 31.1 Å². The predicted molar refractivity (Wildman–Crippen MR) is 64.5 cm³/mol. The summed E-state index contributed by atoms with van der Waals surface area (Å²) in [5.74, 6) is -4.56. The van der Waals surface area contributed by atoms with Gasteiger partial charge in [-0.3, -0.25) is 0 Å². The van der Waals surface area contributed by atoms with Crippen LogP contribution in [0.25, 0.3) is 11.5 Å². The summed E-state index contributed by atoms with van der Waals surface area (Å²) >= 11 is 0. The first-order chi connectivity index (χ1) is 9.97. The second-order valence-corrected chi connectivity index (χ2v) is 3.80. The maximum Gasteiger partial charge on any atom is 0.376 e. The first-order valence-corrected chi connectivity index (χ1v) is 5.60. The number of oxazole rings is 1. The van der Waals surface area contributed by atoms with Crippen LogP contribution in [-0.2, 0) is 9.47 Å².